The van der Waals surface area contributed by atoms with E-state index in [1.807, 2.05) is 55.5 Å². The molecular formula is C17H14ClN3O. The molecule has 0 saturated heterocycles. The number of aryl methyl sites for hydroxylation is 1. The average Bonchev–Trinajstić information content (AvgIpc) is 2.94. The van der Waals surface area contributed by atoms with Crippen LogP contribution >= 0.6 is 11.6 Å². The summed E-state index contributed by atoms with van der Waals surface area (Å²) in [6.07, 6.45) is 1.31. The van der Waals surface area contributed by atoms with Crippen molar-refractivity contribution in [1.82, 2.24) is 15.0 Å². The van der Waals surface area contributed by atoms with Gasteiger partial charge in [0.1, 0.15) is 5.69 Å². The SMILES string of the molecule is Cc1ccc(-n2nnc(C=O)c2Cc2ccccc2)cc1Cl. The van der Waals surface area contributed by atoms with Crippen LogP contribution in [0, 0.1) is 6.92 Å². The molecule has 0 radical (unpaired) electrons. The van der Waals surface area contributed by atoms with Crippen molar-refractivity contribution in [2.75, 3.05) is 0 Å². The van der Waals surface area contributed by atoms with Gasteiger partial charge in [0, 0.05) is 11.4 Å². The first-order chi connectivity index (χ1) is 10.7. The number of aromatic nitrogens is 3. The van der Waals surface area contributed by atoms with E-state index in [0.29, 0.717) is 17.1 Å². The third-order valence-electron chi connectivity index (χ3n) is 3.52. The molecule has 1 aromatic heterocycles. The zero-order valence-electron chi connectivity index (χ0n) is 12.0. The fraction of sp³-hybridized carbons (Fsp3) is 0.118. The van der Waals surface area contributed by atoms with Crippen molar-refractivity contribution in [2.24, 2.45) is 0 Å². The van der Waals surface area contributed by atoms with Crippen LogP contribution in [-0.2, 0) is 6.42 Å². The molecular weight excluding hydrogens is 298 g/mol. The number of hydrogen-bond donors (Lipinski definition) is 0. The van der Waals surface area contributed by atoms with E-state index in [1.54, 1.807) is 4.68 Å². The molecule has 0 fully saturated rings. The Morgan fingerprint density at radius 1 is 1.18 bits per heavy atom. The smallest absolute Gasteiger partial charge is 0.172 e. The van der Waals surface area contributed by atoms with Crippen molar-refractivity contribution >= 4 is 17.9 Å². The summed E-state index contributed by atoms with van der Waals surface area (Å²) in [7, 11) is 0. The molecule has 1 heterocycles. The Morgan fingerprint density at radius 3 is 2.64 bits per heavy atom. The van der Waals surface area contributed by atoms with Gasteiger partial charge in [-0.1, -0.05) is 53.2 Å². The fourth-order valence-electron chi connectivity index (χ4n) is 2.28. The summed E-state index contributed by atoms with van der Waals surface area (Å²) in [5.41, 5.74) is 3.97. The van der Waals surface area contributed by atoms with E-state index >= 15 is 0 Å². The molecule has 0 bridgehead atoms. The second-order valence-corrected chi connectivity index (χ2v) is 5.45. The number of carbonyl (C=O) groups excluding carboxylic acids is 1. The molecule has 4 nitrogen and oxygen atoms in total. The van der Waals surface area contributed by atoms with Gasteiger partial charge in [-0.05, 0) is 30.2 Å². The molecule has 3 rings (SSSR count). The molecule has 0 aliphatic carbocycles. The molecule has 0 amide bonds. The lowest BCUT2D eigenvalue weighted by atomic mass is 10.1. The summed E-state index contributed by atoms with van der Waals surface area (Å²) in [6.45, 7) is 1.94. The summed E-state index contributed by atoms with van der Waals surface area (Å²) < 4.78 is 1.67. The Labute approximate surface area is 133 Å². The molecule has 0 aliphatic rings. The van der Waals surface area contributed by atoms with Crippen LogP contribution < -0.4 is 0 Å². The maximum Gasteiger partial charge on any atom is 0.172 e. The first-order valence-corrected chi connectivity index (χ1v) is 7.27. The number of rotatable bonds is 4. The van der Waals surface area contributed by atoms with Gasteiger partial charge in [-0.2, -0.15) is 0 Å². The molecule has 110 valence electrons. The lowest BCUT2D eigenvalue weighted by Gasteiger charge is -2.08. The highest BCUT2D eigenvalue weighted by atomic mass is 35.5. The van der Waals surface area contributed by atoms with Crippen LogP contribution in [0.4, 0.5) is 0 Å². The summed E-state index contributed by atoms with van der Waals surface area (Å²) >= 11 is 6.19. The van der Waals surface area contributed by atoms with Gasteiger partial charge < -0.3 is 0 Å². The average molecular weight is 312 g/mol. The van der Waals surface area contributed by atoms with Gasteiger partial charge in [-0.3, -0.25) is 4.79 Å². The molecule has 0 unspecified atom stereocenters. The van der Waals surface area contributed by atoms with Gasteiger partial charge in [0.25, 0.3) is 0 Å². The predicted molar refractivity (Wildman–Crippen MR) is 85.7 cm³/mol. The van der Waals surface area contributed by atoms with E-state index in [4.69, 9.17) is 11.6 Å². The topological polar surface area (TPSA) is 47.8 Å². The number of nitrogens with zero attached hydrogens (tertiary/aromatic N) is 3. The molecule has 0 aliphatic heterocycles. The molecule has 0 N–H and O–H groups in total. The molecule has 0 atom stereocenters. The van der Waals surface area contributed by atoms with Crippen molar-refractivity contribution < 1.29 is 4.79 Å². The first kappa shape index (κ1) is 14.5. The summed E-state index contributed by atoms with van der Waals surface area (Å²) in [4.78, 5) is 11.2. The lowest BCUT2D eigenvalue weighted by Crippen LogP contribution is -2.05. The number of aldehydes is 1. The maximum absolute atomic E-state index is 11.2. The van der Waals surface area contributed by atoms with Crippen molar-refractivity contribution in [1.29, 1.82) is 0 Å². The summed E-state index contributed by atoms with van der Waals surface area (Å²) in [6, 6.07) is 15.6. The van der Waals surface area contributed by atoms with Gasteiger partial charge in [0.05, 0.1) is 11.4 Å². The quantitative estimate of drug-likeness (QED) is 0.691. The third-order valence-corrected chi connectivity index (χ3v) is 3.93. The van der Waals surface area contributed by atoms with Crippen LogP contribution in [0.5, 0.6) is 0 Å². The highest BCUT2D eigenvalue weighted by Gasteiger charge is 2.14. The van der Waals surface area contributed by atoms with Gasteiger partial charge in [0.15, 0.2) is 6.29 Å². The Kier molecular flexibility index (Phi) is 4.02. The Balaban J connectivity index is 2.06. The normalized spacial score (nSPS) is 10.6. The fourth-order valence-corrected chi connectivity index (χ4v) is 2.46. The molecule has 5 heteroatoms. The zero-order valence-corrected chi connectivity index (χ0v) is 12.8. The Morgan fingerprint density at radius 2 is 1.95 bits per heavy atom. The van der Waals surface area contributed by atoms with E-state index in [-0.39, 0.29) is 0 Å². The van der Waals surface area contributed by atoms with Gasteiger partial charge in [-0.25, -0.2) is 4.68 Å². The molecule has 2 aromatic carbocycles. The summed E-state index contributed by atoms with van der Waals surface area (Å²) in [5, 5.41) is 8.72. The summed E-state index contributed by atoms with van der Waals surface area (Å²) in [5.74, 6) is 0. The van der Waals surface area contributed by atoms with Crippen LogP contribution in [-0.4, -0.2) is 21.3 Å². The number of carbonyl (C=O) groups is 1. The standard InChI is InChI=1S/C17H14ClN3O/c1-12-7-8-14(10-15(12)18)21-17(16(11-22)19-20-21)9-13-5-3-2-4-6-13/h2-8,10-11H,9H2,1H3. The van der Waals surface area contributed by atoms with Crippen LogP contribution in [0.2, 0.25) is 5.02 Å². The zero-order chi connectivity index (χ0) is 15.5. The van der Waals surface area contributed by atoms with Gasteiger partial charge >= 0.3 is 0 Å². The molecule has 0 saturated carbocycles. The van der Waals surface area contributed by atoms with Crippen LogP contribution in [0.25, 0.3) is 5.69 Å². The van der Waals surface area contributed by atoms with Crippen molar-refractivity contribution in [3.8, 4) is 5.69 Å². The van der Waals surface area contributed by atoms with Gasteiger partial charge in [0.2, 0.25) is 0 Å². The van der Waals surface area contributed by atoms with E-state index < -0.39 is 0 Å². The first-order valence-electron chi connectivity index (χ1n) is 6.89. The number of hydrogen-bond acceptors (Lipinski definition) is 3. The minimum atomic E-state index is 0.348. The maximum atomic E-state index is 11.2. The molecule has 0 spiro atoms. The minimum absolute atomic E-state index is 0.348. The van der Waals surface area contributed by atoms with Crippen molar-refractivity contribution in [2.45, 2.75) is 13.3 Å². The monoisotopic (exact) mass is 311 g/mol. The predicted octanol–water partition coefficient (Wildman–Crippen LogP) is 3.63. The Bertz CT molecular complexity index is 812. The lowest BCUT2D eigenvalue weighted by molar-refractivity contribution is 0.111. The van der Waals surface area contributed by atoms with Crippen LogP contribution in [0.1, 0.15) is 27.3 Å². The third kappa shape index (κ3) is 2.78. The van der Waals surface area contributed by atoms with E-state index in [1.165, 1.54) is 0 Å². The second kappa shape index (κ2) is 6.12. The minimum Gasteiger partial charge on any atom is -0.296 e. The second-order valence-electron chi connectivity index (χ2n) is 5.05. The van der Waals surface area contributed by atoms with E-state index in [9.17, 15) is 4.79 Å². The largest absolute Gasteiger partial charge is 0.296 e. The van der Waals surface area contributed by atoms with E-state index in [2.05, 4.69) is 10.3 Å². The van der Waals surface area contributed by atoms with Crippen LogP contribution in [0.3, 0.4) is 0 Å². The van der Waals surface area contributed by atoms with E-state index in [0.717, 1.165) is 28.8 Å². The van der Waals surface area contributed by atoms with Crippen molar-refractivity contribution in [3.05, 3.63) is 76.1 Å². The highest BCUT2D eigenvalue weighted by molar-refractivity contribution is 6.31. The van der Waals surface area contributed by atoms with Crippen LogP contribution in [0.15, 0.2) is 48.5 Å². The molecule has 3 aromatic rings. The highest BCUT2D eigenvalue weighted by Crippen LogP contribution is 2.21. The number of halogens is 1. The Hall–Kier alpha value is -2.46. The molecule has 22 heavy (non-hydrogen) atoms. The number of benzene rings is 2. The van der Waals surface area contributed by atoms with Gasteiger partial charge in [-0.15, -0.1) is 5.10 Å². The van der Waals surface area contributed by atoms with Crippen molar-refractivity contribution in [3.63, 3.8) is 0 Å².